The van der Waals surface area contributed by atoms with Gasteiger partial charge < -0.3 is 20.0 Å². The van der Waals surface area contributed by atoms with Gasteiger partial charge in [0.1, 0.15) is 12.3 Å². The number of amides is 2. The molecule has 1 aliphatic heterocycles. The van der Waals surface area contributed by atoms with Gasteiger partial charge in [-0.1, -0.05) is 13.8 Å². The summed E-state index contributed by atoms with van der Waals surface area (Å²) in [5, 5.41) is 2.84. The Bertz CT molecular complexity index is 686. The molecule has 154 valence electrons. The third-order valence-corrected chi connectivity index (χ3v) is 5.06. The molecule has 1 fully saturated rings. The predicted octanol–water partition coefficient (Wildman–Crippen LogP) is 1.27. The van der Waals surface area contributed by atoms with E-state index in [1.54, 1.807) is 11.1 Å². The minimum atomic E-state index is -0.661. The van der Waals surface area contributed by atoms with Gasteiger partial charge in [0.2, 0.25) is 11.8 Å². The summed E-state index contributed by atoms with van der Waals surface area (Å²) in [6.07, 6.45) is 6.27. The Hall–Kier alpha value is -2.51. The van der Waals surface area contributed by atoms with E-state index in [0.29, 0.717) is 25.8 Å². The van der Waals surface area contributed by atoms with Gasteiger partial charge >= 0.3 is 0 Å². The van der Waals surface area contributed by atoms with Crippen LogP contribution in [0.1, 0.15) is 52.1 Å². The number of aromatic amines is 1. The first-order valence-electron chi connectivity index (χ1n) is 9.84. The molecule has 0 unspecified atom stereocenters. The number of hydrogen-bond acceptors (Lipinski definition) is 5. The highest BCUT2D eigenvalue weighted by Gasteiger charge is 2.34. The largest absolute Gasteiger partial charge is 0.348 e. The Morgan fingerprint density at radius 2 is 2.14 bits per heavy atom. The van der Waals surface area contributed by atoms with E-state index >= 15 is 0 Å². The van der Waals surface area contributed by atoms with E-state index in [9.17, 15) is 19.2 Å². The number of aromatic nitrogens is 2. The van der Waals surface area contributed by atoms with E-state index in [2.05, 4.69) is 15.3 Å². The molecule has 1 aromatic rings. The summed E-state index contributed by atoms with van der Waals surface area (Å²) in [5.74, 6) is -0.859. The maximum Gasteiger partial charge on any atom is 0.243 e. The number of carbonyl (C=O) groups excluding carboxylic acids is 4. The molecule has 8 heteroatoms. The molecule has 0 bridgehead atoms. The average molecular weight is 390 g/mol. The minimum Gasteiger partial charge on any atom is -0.348 e. The Balaban J connectivity index is 2.02. The topological polar surface area (TPSA) is 112 Å². The molecule has 0 radical (unpaired) electrons. The number of ketones is 1. The molecule has 0 spiro atoms. The van der Waals surface area contributed by atoms with Gasteiger partial charge in [-0.05, 0) is 31.6 Å². The van der Waals surface area contributed by atoms with Crippen molar-refractivity contribution in [2.75, 3.05) is 6.54 Å². The van der Waals surface area contributed by atoms with Crippen LogP contribution in [0.25, 0.3) is 0 Å². The molecule has 2 N–H and O–H groups in total. The predicted molar refractivity (Wildman–Crippen MR) is 103 cm³/mol. The van der Waals surface area contributed by atoms with Crippen LogP contribution in [0.15, 0.2) is 12.5 Å². The first-order chi connectivity index (χ1) is 13.3. The lowest BCUT2D eigenvalue weighted by atomic mass is 9.91. The van der Waals surface area contributed by atoms with Gasteiger partial charge in [0.15, 0.2) is 5.78 Å². The second kappa shape index (κ2) is 10.1. The van der Waals surface area contributed by atoms with E-state index in [4.69, 9.17) is 0 Å². The standard InChI is InChI=1S/C20H30N4O4/c1-13(2)7-17(23-20(28)18-5-4-6-24(18)14(3)26)19(27)9-15(11-25)8-16-10-21-12-22-16/h10-13,15,17-18H,4-9H2,1-3H3,(H,21,22)(H,23,28)/t15-,17+,18+/m1/s1. The monoisotopic (exact) mass is 390 g/mol. The third-order valence-electron chi connectivity index (χ3n) is 5.06. The van der Waals surface area contributed by atoms with Crippen molar-refractivity contribution >= 4 is 23.9 Å². The average Bonchev–Trinajstić information content (AvgIpc) is 3.31. The second-order valence-corrected chi connectivity index (χ2v) is 7.91. The Labute approximate surface area is 165 Å². The van der Waals surface area contributed by atoms with Crippen LogP contribution in [-0.4, -0.2) is 57.4 Å². The number of H-pyrrole nitrogens is 1. The summed E-state index contributed by atoms with van der Waals surface area (Å²) in [6, 6.07) is -1.18. The molecule has 1 saturated heterocycles. The van der Waals surface area contributed by atoms with Gasteiger partial charge in [0, 0.05) is 37.7 Å². The number of carbonyl (C=O) groups is 4. The second-order valence-electron chi connectivity index (χ2n) is 7.91. The zero-order chi connectivity index (χ0) is 20.7. The molecule has 0 aliphatic carbocycles. The number of nitrogens with one attached hydrogen (secondary N) is 2. The zero-order valence-electron chi connectivity index (χ0n) is 16.8. The van der Waals surface area contributed by atoms with Crippen molar-refractivity contribution in [2.24, 2.45) is 11.8 Å². The first kappa shape index (κ1) is 21.8. The van der Waals surface area contributed by atoms with Crippen molar-refractivity contribution < 1.29 is 19.2 Å². The van der Waals surface area contributed by atoms with E-state index in [0.717, 1.165) is 18.4 Å². The molecule has 0 saturated carbocycles. The van der Waals surface area contributed by atoms with Gasteiger partial charge in [-0.3, -0.25) is 14.4 Å². The molecular weight excluding hydrogens is 360 g/mol. The number of nitrogens with zero attached hydrogens (tertiary/aromatic N) is 2. The summed E-state index contributed by atoms with van der Waals surface area (Å²) in [7, 11) is 0. The van der Waals surface area contributed by atoms with E-state index in [1.807, 2.05) is 13.8 Å². The van der Waals surface area contributed by atoms with Crippen LogP contribution in [-0.2, 0) is 25.6 Å². The van der Waals surface area contributed by atoms with Crippen LogP contribution in [0.3, 0.4) is 0 Å². The van der Waals surface area contributed by atoms with E-state index < -0.39 is 18.0 Å². The lowest BCUT2D eigenvalue weighted by Gasteiger charge is -2.26. The highest BCUT2D eigenvalue weighted by atomic mass is 16.2. The van der Waals surface area contributed by atoms with Gasteiger partial charge in [-0.15, -0.1) is 0 Å². The van der Waals surface area contributed by atoms with E-state index in [1.165, 1.54) is 13.3 Å². The van der Waals surface area contributed by atoms with Crippen molar-refractivity contribution in [3.63, 3.8) is 0 Å². The molecule has 1 aromatic heterocycles. The first-order valence-corrected chi connectivity index (χ1v) is 9.84. The Kier molecular flexibility index (Phi) is 7.90. The number of aldehydes is 1. The van der Waals surface area contributed by atoms with Crippen molar-refractivity contribution in [3.8, 4) is 0 Å². The van der Waals surface area contributed by atoms with Gasteiger partial charge in [0.05, 0.1) is 12.4 Å². The molecule has 8 nitrogen and oxygen atoms in total. The zero-order valence-corrected chi connectivity index (χ0v) is 16.8. The van der Waals surface area contributed by atoms with Gasteiger partial charge in [-0.2, -0.15) is 0 Å². The fourth-order valence-corrected chi connectivity index (χ4v) is 3.67. The molecule has 2 heterocycles. The molecule has 3 atom stereocenters. The van der Waals surface area contributed by atoms with Crippen molar-refractivity contribution in [1.82, 2.24) is 20.2 Å². The van der Waals surface area contributed by atoms with Crippen LogP contribution < -0.4 is 5.32 Å². The maximum atomic E-state index is 12.9. The molecule has 28 heavy (non-hydrogen) atoms. The van der Waals surface area contributed by atoms with Gasteiger partial charge in [-0.25, -0.2) is 4.98 Å². The fourth-order valence-electron chi connectivity index (χ4n) is 3.67. The number of rotatable bonds is 10. The molecule has 0 aromatic carbocycles. The number of likely N-dealkylation sites (tertiary alicyclic amines) is 1. The smallest absolute Gasteiger partial charge is 0.243 e. The lowest BCUT2D eigenvalue weighted by molar-refractivity contribution is -0.138. The summed E-state index contributed by atoms with van der Waals surface area (Å²) >= 11 is 0. The minimum absolute atomic E-state index is 0.0568. The van der Waals surface area contributed by atoms with Crippen molar-refractivity contribution in [1.29, 1.82) is 0 Å². The quantitative estimate of drug-likeness (QED) is 0.584. The Morgan fingerprint density at radius 1 is 1.39 bits per heavy atom. The Morgan fingerprint density at radius 3 is 2.71 bits per heavy atom. The number of imidazole rings is 1. The number of Topliss-reactive ketones (excluding diaryl/α,β-unsaturated/α-hetero) is 1. The normalized spacial score (nSPS) is 18.7. The molecule has 2 amide bonds. The molecule has 1 aliphatic rings. The summed E-state index contributed by atoms with van der Waals surface area (Å²) in [4.78, 5) is 57.2. The fraction of sp³-hybridized carbons (Fsp3) is 0.650. The summed E-state index contributed by atoms with van der Waals surface area (Å²) in [5.41, 5.74) is 0.789. The van der Waals surface area contributed by atoms with Crippen LogP contribution in [0.4, 0.5) is 0 Å². The van der Waals surface area contributed by atoms with Crippen LogP contribution in [0.2, 0.25) is 0 Å². The van der Waals surface area contributed by atoms with Crippen LogP contribution >= 0.6 is 0 Å². The molecular formula is C20H30N4O4. The van der Waals surface area contributed by atoms with E-state index in [-0.39, 0.29) is 29.9 Å². The van der Waals surface area contributed by atoms with Crippen molar-refractivity contribution in [2.45, 2.75) is 65.0 Å². The van der Waals surface area contributed by atoms with Crippen LogP contribution in [0.5, 0.6) is 0 Å². The lowest BCUT2D eigenvalue weighted by Crippen LogP contribution is -2.51. The number of hydrogen-bond donors (Lipinski definition) is 2. The summed E-state index contributed by atoms with van der Waals surface area (Å²) < 4.78 is 0. The molecule has 2 rings (SSSR count). The summed E-state index contributed by atoms with van der Waals surface area (Å²) in [6.45, 7) is 5.97. The highest BCUT2D eigenvalue weighted by molar-refractivity contribution is 5.93. The maximum absolute atomic E-state index is 12.9. The van der Waals surface area contributed by atoms with Gasteiger partial charge in [0.25, 0.3) is 0 Å². The van der Waals surface area contributed by atoms with Crippen LogP contribution in [0, 0.1) is 11.8 Å². The van der Waals surface area contributed by atoms with Crippen molar-refractivity contribution in [3.05, 3.63) is 18.2 Å². The highest BCUT2D eigenvalue weighted by Crippen LogP contribution is 2.19. The third kappa shape index (κ3) is 6.00. The SMILES string of the molecule is CC(=O)N1CCC[C@H]1C(=O)N[C@@H](CC(C)C)C(=O)C[C@H](C=O)Cc1cnc[nH]1.